The molecule has 0 spiro atoms. The quantitative estimate of drug-likeness (QED) is 0.656. The SMILES string of the molecule is CCOc1ccccc1N1CCN(c2ncc3c(=O)n(C4CCCC4)c(=O)[nH]c3n2)CC1. The van der Waals surface area contributed by atoms with Crippen molar-refractivity contribution in [2.45, 2.75) is 38.6 Å². The zero-order valence-electron chi connectivity index (χ0n) is 18.3. The van der Waals surface area contributed by atoms with Crippen LogP contribution in [0.15, 0.2) is 40.1 Å². The number of aromatic nitrogens is 4. The predicted molar refractivity (Wildman–Crippen MR) is 124 cm³/mol. The van der Waals surface area contributed by atoms with Crippen LogP contribution >= 0.6 is 0 Å². The van der Waals surface area contributed by atoms with Gasteiger partial charge in [-0.15, -0.1) is 0 Å². The van der Waals surface area contributed by atoms with Gasteiger partial charge in [0.1, 0.15) is 11.1 Å². The van der Waals surface area contributed by atoms with Gasteiger partial charge >= 0.3 is 5.69 Å². The number of nitrogens with one attached hydrogen (secondary N) is 1. The first-order chi connectivity index (χ1) is 15.7. The van der Waals surface area contributed by atoms with Crippen molar-refractivity contribution in [1.29, 1.82) is 0 Å². The molecule has 168 valence electrons. The summed E-state index contributed by atoms with van der Waals surface area (Å²) in [6.45, 7) is 5.67. The van der Waals surface area contributed by atoms with E-state index in [1.807, 2.05) is 25.1 Å². The lowest BCUT2D eigenvalue weighted by Crippen LogP contribution is -2.47. The molecule has 0 amide bonds. The Hall–Kier alpha value is -3.36. The third kappa shape index (κ3) is 3.72. The molecule has 2 aliphatic rings. The predicted octanol–water partition coefficient (Wildman–Crippen LogP) is 2.32. The molecule has 1 aromatic carbocycles. The van der Waals surface area contributed by atoms with E-state index in [1.165, 1.54) is 4.57 Å². The number of piperazine rings is 1. The van der Waals surface area contributed by atoms with Crippen LogP contribution in [-0.2, 0) is 0 Å². The van der Waals surface area contributed by atoms with Gasteiger partial charge < -0.3 is 14.5 Å². The summed E-state index contributed by atoms with van der Waals surface area (Å²) in [4.78, 5) is 41.8. The Morgan fingerprint density at radius 2 is 1.78 bits per heavy atom. The summed E-state index contributed by atoms with van der Waals surface area (Å²) in [5.74, 6) is 1.42. The van der Waals surface area contributed by atoms with E-state index in [4.69, 9.17) is 4.74 Å². The van der Waals surface area contributed by atoms with Gasteiger partial charge in [0.05, 0.1) is 12.3 Å². The molecule has 9 nitrogen and oxygen atoms in total. The minimum absolute atomic E-state index is 0.0250. The van der Waals surface area contributed by atoms with Crippen molar-refractivity contribution in [2.75, 3.05) is 42.6 Å². The lowest BCUT2D eigenvalue weighted by molar-refractivity contribution is 0.340. The summed E-state index contributed by atoms with van der Waals surface area (Å²) >= 11 is 0. The van der Waals surface area contributed by atoms with E-state index in [2.05, 4.69) is 30.8 Å². The third-order valence-corrected chi connectivity index (χ3v) is 6.43. The Balaban J connectivity index is 1.37. The summed E-state index contributed by atoms with van der Waals surface area (Å²) in [6, 6.07) is 8.04. The van der Waals surface area contributed by atoms with Crippen LogP contribution in [0.3, 0.4) is 0 Å². The summed E-state index contributed by atoms with van der Waals surface area (Å²) in [5.41, 5.74) is 0.726. The van der Waals surface area contributed by atoms with Crippen molar-refractivity contribution >= 4 is 22.7 Å². The smallest absolute Gasteiger partial charge is 0.330 e. The average Bonchev–Trinajstić information content (AvgIpc) is 3.34. The van der Waals surface area contributed by atoms with Crippen LogP contribution < -0.4 is 25.8 Å². The largest absolute Gasteiger partial charge is 0.492 e. The van der Waals surface area contributed by atoms with Crippen LogP contribution in [0.4, 0.5) is 11.6 Å². The fourth-order valence-corrected chi connectivity index (χ4v) is 4.80. The van der Waals surface area contributed by atoms with E-state index in [0.717, 1.165) is 63.3 Å². The molecule has 1 aliphatic heterocycles. The van der Waals surface area contributed by atoms with E-state index in [-0.39, 0.29) is 17.3 Å². The molecule has 3 heterocycles. The van der Waals surface area contributed by atoms with Crippen molar-refractivity contribution in [2.24, 2.45) is 0 Å². The van der Waals surface area contributed by atoms with Gasteiger partial charge in [-0.2, -0.15) is 4.98 Å². The normalized spacial score (nSPS) is 17.3. The Labute approximate surface area is 185 Å². The second-order valence-corrected chi connectivity index (χ2v) is 8.35. The Bertz CT molecular complexity index is 1220. The van der Waals surface area contributed by atoms with Gasteiger partial charge in [-0.25, -0.2) is 9.78 Å². The molecule has 9 heteroatoms. The van der Waals surface area contributed by atoms with Crippen molar-refractivity contribution in [3.05, 3.63) is 51.3 Å². The minimum Gasteiger partial charge on any atom is -0.492 e. The molecular formula is C23H28N6O3. The van der Waals surface area contributed by atoms with Crippen LogP contribution in [0.5, 0.6) is 5.75 Å². The zero-order valence-corrected chi connectivity index (χ0v) is 18.3. The van der Waals surface area contributed by atoms with E-state index in [0.29, 0.717) is 23.6 Å². The number of anilines is 2. The first-order valence-electron chi connectivity index (χ1n) is 11.4. The van der Waals surface area contributed by atoms with Gasteiger partial charge in [-0.3, -0.25) is 14.3 Å². The summed E-state index contributed by atoms with van der Waals surface area (Å²) in [7, 11) is 0. The highest BCUT2D eigenvalue weighted by Crippen LogP contribution is 2.29. The van der Waals surface area contributed by atoms with Crippen LogP contribution in [-0.4, -0.2) is 52.3 Å². The van der Waals surface area contributed by atoms with Crippen LogP contribution in [0, 0.1) is 0 Å². The van der Waals surface area contributed by atoms with E-state index in [9.17, 15) is 9.59 Å². The maximum absolute atomic E-state index is 12.9. The lowest BCUT2D eigenvalue weighted by atomic mass is 10.2. The van der Waals surface area contributed by atoms with Gasteiger partial charge in [0.15, 0.2) is 5.65 Å². The first kappa shape index (κ1) is 20.5. The number of hydrogen-bond acceptors (Lipinski definition) is 7. The number of hydrogen-bond donors (Lipinski definition) is 1. The molecule has 1 saturated carbocycles. The number of ether oxygens (including phenoxy) is 1. The van der Waals surface area contributed by atoms with Gasteiger partial charge in [0.25, 0.3) is 5.56 Å². The summed E-state index contributed by atoms with van der Waals surface area (Å²) < 4.78 is 7.13. The number of para-hydroxylation sites is 2. The molecule has 0 bridgehead atoms. The molecule has 0 unspecified atom stereocenters. The third-order valence-electron chi connectivity index (χ3n) is 6.43. The number of fused-ring (bicyclic) bond motifs is 1. The maximum atomic E-state index is 12.9. The van der Waals surface area contributed by atoms with Gasteiger partial charge in [-0.05, 0) is 31.9 Å². The van der Waals surface area contributed by atoms with E-state index in [1.54, 1.807) is 6.20 Å². The standard InChI is InChI=1S/C23H28N6O3/c1-2-32-19-10-6-5-9-18(19)27-11-13-28(14-12-27)22-24-15-17-20(25-22)26-23(31)29(21(17)30)16-7-3-4-8-16/h5-6,9-10,15-16H,2-4,7-8,11-14H2,1H3,(H,24,25,26,31). The Morgan fingerprint density at radius 1 is 1.06 bits per heavy atom. The summed E-state index contributed by atoms with van der Waals surface area (Å²) in [6.07, 6.45) is 5.38. The second-order valence-electron chi connectivity index (χ2n) is 8.35. The molecule has 3 aromatic rings. The molecule has 32 heavy (non-hydrogen) atoms. The fourth-order valence-electron chi connectivity index (χ4n) is 4.80. The average molecular weight is 437 g/mol. The van der Waals surface area contributed by atoms with Crippen LogP contribution in [0.2, 0.25) is 0 Å². The highest BCUT2D eigenvalue weighted by Gasteiger charge is 2.24. The molecule has 5 rings (SSSR count). The van der Waals surface area contributed by atoms with Gasteiger partial charge in [0, 0.05) is 38.4 Å². The van der Waals surface area contributed by atoms with E-state index >= 15 is 0 Å². The van der Waals surface area contributed by atoms with E-state index < -0.39 is 0 Å². The van der Waals surface area contributed by atoms with Crippen molar-refractivity contribution in [3.8, 4) is 5.75 Å². The number of H-pyrrole nitrogens is 1. The van der Waals surface area contributed by atoms with Crippen molar-refractivity contribution < 1.29 is 4.74 Å². The molecule has 1 N–H and O–H groups in total. The number of rotatable bonds is 5. The monoisotopic (exact) mass is 436 g/mol. The Morgan fingerprint density at radius 3 is 2.53 bits per heavy atom. The molecule has 2 aromatic heterocycles. The molecule has 0 radical (unpaired) electrons. The number of benzene rings is 1. The molecule has 1 aliphatic carbocycles. The van der Waals surface area contributed by atoms with Crippen molar-refractivity contribution in [1.82, 2.24) is 19.5 Å². The molecule has 0 atom stereocenters. The maximum Gasteiger partial charge on any atom is 0.330 e. The number of aromatic amines is 1. The first-order valence-corrected chi connectivity index (χ1v) is 11.4. The topological polar surface area (TPSA) is 96.4 Å². The van der Waals surface area contributed by atoms with Crippen LogP contribution in [0.25, 0.3) is 11.0 Å². The fraction of sp³-hybridized carbons (Fsp3) is 0.478. The minimum atomic E-state index is -0.378. The highest BCUT2D eigenvalue weighted by atomic mass is 16.5. The summed E-state index contributed by atoms with van der Waals surface area (Å²) in [5, 5.41) is 0.365. The molecule has 1 saturated heterocycles. The lowest BCUT2D eigenvalue weighted by Gasteiger charge is -2.36. The highest BCUT2D eigenvalue weighted by molar-refractivity contribution is 5.73. The second kappa shape index (κ2) is 8.64. The zero-order chi connectivity index (χ0) is 22.1. The van der Waals surface area contributed by atoms with Crippen molar-refractivity contribution in [3.63, 3.8) is 0 Å². The van der Waals surface area contributed by atoms with Gasteiger partial charge in [0.2, 0.25) is 5.95 Å². The van der Waals surface area contributed by atoms with Crippen LogP contribution in [0.1, 0.15) is 38.6 Å². The van der Waals surface area contributed by atoms with Gasteiger partial charge in [-0.1, -0.05) is 25.0 Å². The number of nitrogens with zero attached hydrogens (tertiary/aromatic N) is 5. The molecule has 2 fully saturated rings. The molecular weight excluding hydrogens is 408 g/mol. The Kier molecular flexibility index (Phi) is 5.55.